The molecule has 2 aliphatic rings. The highest BCUT2D eigenvalue weighted by atomic mass is 32.1. The maximum Gasteiger partial charge on any atom is 0.413 e. The molecular formula is C35H36FN5O8S2. The van der Waals surface area contributed by atoms with Crippen LogP contribution in [0, 0.1) is 5.82 Å². The van der Waals surface area contributed by atoms with Crippen LogP contribution in [0.15, 0.2) is 65.4 Å². The van der Waals surface area contributed by atoms with Crippen molar-refractivity contribution in [2.45, 2.75) is 51.2 Å². The van der Waals surface area contributed by atoms with Crippen molar-refractivity contribution in [3.8, 4) is 22.1 Å². The van der Waals surface area contributed by atoms with Gasteiger partial charge < -0.3 is 34.5 Å². The van der Waals surface area contributed by atoms with Gasteiger partial charge in [-0.05, 0) is 75.4 Å². The third-order valence-electron chi connectivity index (χ3n) is 7.81. The van der Waals surface area contributed by atoms with Crippen LogP contribution < -0.4 is 20.7 Å². The van der Waals surface area contributed by atoms with Crippen LogP contribution in [-0.2, 0) is 30.3 Å². The van der Waals surface area contributed by atoms with Crippen LogP contribution in [0.3, 0.4) is 0 Å². The van der Waals surface area contributed by atoms with Gasteiger partial charge in [-0.1, -0.05) is 0 Å². The molecule has 3 N–H and O–H groups in total. The molecule has 2 fully saturated rings. The number of hydrogen-bond donors (Lipinski definition) is 3. The van der Waals surface area contributed by atoms with Gasteiger partial charge in [-0.15, -0.1) is 22.7 Å². The van der Waals surface area contributed by atoms with E-state index in [0.717, 1.165) is 10.4 Å². The van der Waals surface area contributed by atoms with Crippen molar-refractivity contribution in [3.05, 3.63) is 81.6 Å². The summed E-state index contributed by atoms with van der Waals surface area (Å²) in [7, 11) is 0. The fourth-order valence-electron chi connectivity index (χ4n) is 5.56. The summed E-state index contributed by atoms with van der Waals surface area (Å²) < 4.78 is 35.9. The number of likely N-dealkylation sites (tertiary alicyclic amines) is 1. The highest BCUT2D eigenvalue weighted by Crippen LogP contribution is 2.37. The first kappa shape index (κ1) is 35.9. The Kier molecular flexibility index (Phi) is 10.7. The largest absolute Gasteiger partial charge is 0.457 e. The molecule has 1 atom stereocenters. The van der Waals surface area contributed by atoms with Crippen LogP contribution in [0.5, 0.6) is 11.5 Å². The number of thiazole rings is 1. The number of thiophene rings is 1. The Bertz CT molecular complexity index is 1880. The second-order valence-corrected chi connectivity index (χ2v) is 14.5. The molecular weight excluding hydrogens is 702 g/mol. The van der Waals surface area contributed by atoms with E-state index in [-0.39, 0.29) is 38.7 Å². The molecule has 4 aromatic rings. The zero-order chi connectivity index (χ0) is 36.2. The highest BCUT2D eigenvalue weighted by Gasteiger charge is 2.57. The van der Waals surface area contributed by atoms with Gasteiger partial charge in [0.25, 0.3) is 5.91 Å². The predicted octanol–water partition coefficient (Wildman–Crippen LogP) is 5.54. The van der Waals surface area contributed by atoms with Crippen LogP contribution in [0.25, 0.3) is 10.6 Å². The Hall–Kier alpha value is -4.90. The summed E-state index contributed by atoms with van der Waals surface area (Å²) in [6.45, 7) is 5.95. The van der Waals surface area contributed by atoms with Crippen molar-refractivity contribution in [1.29, 1.82) is 0 Å². The molecule has 268 valence electrons. The van der Waals surface area contributed by atoms with Gasteiger partial charge in [0, 0.05) is 39.7 Å². The monoisotopic (exact) mass is 737 g/mol. The molecule has 1 spiro atoms. The number of hydrogen-bond acceptors (Lipinski definition) is 11. The van der Waals surface area contributed by atoms with E-state index in [1.165, 1.54) is 51.8 Å². The number of rotatable bonds is 10. The number of carbonyl (C=O) groups excluding carboxylic acids is 4. The van der Waals surface area contributed by atoms with Crippen molar-refractivity contribution in [2.24, 2.45) is 0 Å². The Labute approximate surface area is 301 Å². The molecule has 13 nitrogen and oxygen atoms in total. The molecule has 16 heteroatoms. The summed E-state index contributed by atoms with van der Waals surface area (Å²) in [5.41, 5.74) is 0.491. The molecule has 0 saturated carbocycles. The third kappa shape index (κ3) is 8.89. The van der Waals surface area contributed by atoms with Gasteiger partial charge in [0.15, 0.2) is 11.8 Å². The fraction of sp³-hybridized carbons (Fsp3) is 0.343. The normalized spacial score (nSPS) is 16.5. The summed E-state index contributed by atoms with van der Waals surface area (Å²) in [4.78, 5) is 58.8. The van der Waals surface area contributed by atoms with Crippen molar-refractivity contribution in [3.63, 3.8) is 0 Å². The second-order valence-electron chi connectivity index (χ2n) is 12.7. The summed E-state index contributed by atoms with van der Waals surface area (Å²) in [6.07, 6.45) is -0.295. The van der Waals surface area contributed by atoms with Gasteiger partial charge in [0.1, 0.15) is 33.7 Å². The molecule has 4 heterocycles. The van der Waals surface area contributed by atoms with Gasteiger partial charge in [0.05, 0.1) is 26.3 Å². The lowest BCUT2D eigenvalue weighted by Gasteiger charge is -2.32. The Morgan fingerprint density at radius 2 is 1.67 bits per heavy atom. The molecule has 2 aliphatic heterocycles. The van der Waals surface area contributed by atoms with Crippen LogP contribution >= 0.6 is 22.7 Å². The van der Waals surface area contributed by atoms with E-state index in [1.54, 1.807) is 50.4 Å². The second kappa shape index (κ2) is 15.1. The first-order valence-corrected chi connectivity index (χ1v) is 17.8. The maximum atomic E-state index is 13.7. The molecule has 2 saturated heterocycles. The number of nitrogens with zero attached hydrogens (tertiary/aromatic N) is 2. The third-order valence-corrected chi connectivity index (χ3v) is 9.64. The first-order chi connectivity index (χ1) is 24.4. The van der Waals surface area contributed by atoms with Crippen LogP contribution in [-0.4, -0.2) is 77.4 Å². The predicted molar refractivity (Wildman–Crippen MR) is 187 cm³/mol. The average Bonchev–Trinajstić information content (AvgIpc) is 3.91. The fourth-order valence-corrected chi connectivity index (χ4v) is 7.19. The molecule has 51 heavy (non-hydrogen) atoms. The lowest BCUT2D eigenvalue weighted by Crippen LogP contribution is -2.57. The highest BCUT2D eigenvalue weighted by molar-refractivity contribution is 7.14. The number of ether oxygens (including phenoxy) is 4. The van der Waals surface area contributed by atoms with Crippen molar-refractivity contribution in [1.82, 2.24) is 20.5 Å². The average molecular weight is 738 g/mol. The van der Waals surface area contributed by atoms with E-state index < -0.39 is 41.2 Å². The summed E-state index contributed by atoms with van der Waals surface area (Å²) >= 11 is 2.79. The molecule has 2 aromatic carbocycles. The van der Waals surface area contributed by atoms with Gasteiger partial charge >= 0.3 is 6.09 Å². The first-order valence-electron chi connectivity index (χ1n) is 16.1. The lowest BCUT2D eigenvalue weighted by atomic mass is 10.1. The number of halogens is 1. The van der Waals surface area contributed by atoms with E-state index in [1.807, 2.05) is 11.4 Å². The quantitative estimate of drug-likeness (QED) is 0.190. The van der Waals surface area contributed by atoms with Crippen molar-refractivity contribution < 1.29 is 42.5 Å². The number of aromatic nitrogens is 1. The molecule has 0 bridgehead atoms. The van der Waals surface area contributed by atoms with Gasteiger partial charge in [-0.25, -0.2) is 14.2 Å². The Balaban J connectivity index is 1.04. The minimum atomic E-state index is -1.27. The van der Waals surface area contributed by atoms with Gasteiger partial charge in [0.2, 0.25) is 11.8 Å². The Morgan fingerprint density at radius 3 is 2.35 bits per heavy atom. The smallest absolute Gasteiger partial charge is 0.413 e. The lowest BCUT2D eigenvalue weighted by molar-refractivity contribution is -0.183. The van der Waals surface area contributed by atoms with Gasteiger partial charge in [-0.2, -0.15) is 0 Å². The van der Waals surface area contributed by atoms with E-state index in [9.17, 15) is 23.6 Å². The number of carbonyl (C=O) groups is 4. The summed E-state index contributed by atoms with van der Waals surface area (Å²) in [5.74, 6) is -1.78. The number of benzene rings is 2. The minimum Gasteiger partial charge on any atom is -0.457 e. The minimum absolute atomic E-state index is 0.185. The standard InChI is InChI=1S/C35H36FN5O8S2/c1-34(2,3)49-33(45)40-27-20-51-32(39-27)22-16-26(50-19-22)17-37-31(44)29-35(46-14-15-47-35)12-13-41(29)28(42)18-38-30(43)21-4-8-24(9-5-21)48-25-10-6-23(36)7-11-25/h4-11,16,19-20,29H,12-15,17-18H2,1-3H3,(H,37,44)(H,38,43)(H,40,45)/t29-/m1/s1. The topological polar surface area (TPSA) is 157 Å². The van der Waals surface area contributed by atoms with Gasteiger partial charge in [-0.3, -0.25) is 19.7 Å². The molecule has 0 unspecified atom stereocenters. The molecule has 0 aliphatic carbocycles. The summed E-state index contributed by atoms with van der Waals surface area (Å²) in [6, 6.07) is 12.7. The molecule has 2 aromatic heterocycles. The van der Waals surface area contributed by atoms with Crippen LogP contribution in [0.2, 0.25) is 0 Å². The number of amides is 4. The van der Waals surface area contributed by atoms with E-state index in [2.05, 4.69) is 20.9 Å². The molecule has 4 amide bonds. The number of anilines is 1. The van der Waals surface area contributed by atoms with E-state index >= 15 is 0 Å². The zero-order valence-electron chi connectivity index (χ0n) is 28.0. The number of nitrogens with one attached hydrogen (secondary N) is 3. The van der Waals surface area contributed by atoms with E-state index in [0.29, 0.717) is 34.3 Å². The maximum absolute atomic E-state index is 13.7. The SMILES string of the molecule is CC(C)(C)OC(=O)Nc1csc(-c2csc(CNC(=O)[C@H]3N(C(=O)CNC(=O)c4ccc(Oc5ccc(F)cc5)cc4)CCC34OCCO4)c2)n1. The van der Waals surface area contributed by atoms with E-state index in [4.69, 9.17) is 18.9 Å². The van der Waals surface area contributed by atoms with Crippen molar-refractivity contribution >= 4 is 52.3 Å². The summed E-state index contributed by atoms with van der Waals surface area (Å²) in [5, 5.41) is 12.5. The van der Waals surface area contributed by atoms with Crippen LogP contribution in [0.4, 0.5) is 15.0 Å². The molecule has 6 rings (SSSR count). The van der Waals surface area contributed by atoms with Crippen LogP contribution in [0.1, 0.15) is 42.4 Å². The molecule has 0 radical (unpaired) electrons. The Morgan fingerprint density at radius 1 is 0.980 bits per heavy atom. The van der Waals surface area contributed by atoms with Crippen molar-refractivity contribution in [2.75, 3.05) is 31.6 Å². The zero-order valence-corrected chi connectivity index (χ0v) is 29.7.